The number of carboxylic acid groups (broad SMARTS) is 1. The predicted octanol–water partition coefficient (Wildman–Crippen LogP) is 2.12. The maximum Gasteiger partial charge on any atom is 0.328 e. The summed E-state index contributed by atoms with van der Waals surface area (Å²) in [5.41, 5.74) is -1.40. The SMILES string of the molecule is CC(C)(C)C(=O)N1CCC2(CC1)OC[C@H](C(=O)O)N2C(=O)c1ccc(F)cc1. The van der Waals surface area contributed by atoms with E-state index in [9.17, 15) is 23.9 Å². The zero-order chi connectivity index (χ0) is 20.7. The lowest BCUT2D eigenvalue weighted by molar-refractivity contribution is -0.152. The number of carboxylic acids is 1. The van der Waals surface area contributed by atoms with Crippen molar-refractivity contribution < 1.29 is 28.6 Å². The van der Waals surface area contributed by atoms with Crippen molar-refractivity contribution in [2.75, 3.05) is 19.7 Å². The molecular weight excluding hydrogens is 367 g/mol. The van der Waals surface area contributed by atoms with E-state index < -0.39 is 34.9 Å². The van der Waals surface area contributed by atoms with Crippen molar-refractivity contribution in [3.8, 4) is 0 Å². The Labute approximate surface area is 163 Å². The van der Waals surface area contributed by atoms with Crippen LogP contribution in [0.1, 0.15) is 44.0 Å². The van der Waals surface area contributed by atoms with Crippen LogP contribution in [0.15, 0.2) is 24.3 Å². The molecule has 0 unspecified atom stereocenters. The predicted molar refractivity (Wildman–Crippen MR) is 97.9 cm³/mol. The second kappa shape index (κ2) is 7.16. The van der Waals surface area contributed by atoms with Crippen molar-refractivity contribution in [3.63, 3.8) is 0 Å². The molecule has 7 nitrogen and oxygen atoms in total. The Morgan fingerprint density at radius 3 is 2.21 bits per heavy atom. The third-order valence-electron chi connectivity index (χ3n) is 5.33. The van der Waals surface area contributed by atoms with Crippen LogP contribution in [0.4, 0.5) is 4.39 Å². The lowest BCUT2D eigenvalue weighted by Crippen LogP contribution is -2.59. The topological polar surface area (TPSA) is 87.2 Å². The fourth-order valence-electron chi connectivity index (χ4n) is 3.82. The summed E-state index contributed by atoms with van der Waals surface area (Å²) in [4.78, 5) is 40.4. The molecule has 1 spiro atoms. The van der Waals surface area contributed by atoms with E-state index in [0.717, 1.165) is 12.1 Å². The van der Waals surface area contributed by atoms with Crippen molar-refractivity contribution >= 4 is 17.8 Å². The summed E-state index contributed by atoms with van der Waals surface area (Å²) in [5.74, 6) is -2.14. The van der Waals surface area contributed by atoms with Gasteiger partial charge in [0.2, 0.25) is 5.91 Å². The van der Waals surface area contributed by atoms with Crippen molar-refractivity contribution in [2.24, 2.45) is 5.41 Å². The Morgan fingerprint density at radius 2 is 1.71 bits per heavy atom. The summed E-state index contributed by atoms with van der Waals surface area (Å²) in [7, 11) is 0. The Hall–Kier alpha value is -2.48. The highest BCUT2D eigenvalue weighted by molar-refractivity contribution is 5.97. The van der Waals surface area contributed by atoms with E-state index in [-0.39, 0.29) is 18.1 Å². The van der Waals surface area contributed by atoms with E-state index in [0.29, 0.717) is 25.9 Å². The summed E-state index contributed by atoms with van der Waals surface area (Å²) in [5, 5.41) is 9.59. The fourth-order valence-corrected chi connectivity index (χ4v) is 3.82. The molecule has 1 atom stereocenters. The molecule has 0 saturated carbocycles. The summed E-state index contributed by atoms with van der Waals surface area (Å²) in [6.07, 6.45) is 0.650. The van der Waals surface area contributed by atoms with Crippen LogP contribution in [0, 0.1) is 11.2 Å². The molecule has 2 fully saturated rings. The maximum atomic E-state index is 13.2. The third-order valence-corrected chi connectivity index (χ3v) is 5.33. The van der Waals surface area contributed by atoms with Crippen LogP contribution in [-0.4, -0.2) is 64.2 Å². The maximum absolute atomic E-state index is 13.2. The number of rotatable bonds is 2. The standard InChI is InChI=1S/C20H25FN2O5/c1-19(2,3)18(27)22-10-8-20(9-11-22)23(15(12-28-20)17(25)26)16(24)13-4-6-14(21)7-5-13/h4-7,15H,8-12H2,1-3H3,(H,25,26)/t15-/m1/s1. The Balaban J connectivity index is 1.86. The highest BCUT2D eigenvalue weighted by atomic mass is 19.1. The van der Waals surface area contributed by atoms with Gasteiger partial charge in [0.15, 0.2) is 6.04 Å². The number of hydrogen-bond donors (Lipinski definition) is 1. The Morgan fingerprint density at radius 1 is 1.14 bits per heavy atom. The van der Waals surface area contributed by atoms with Gasteiger partial charge < -0.3 is 14.7 Å². The molecule has 2 saturated heterocycles. The number of ether oxygens (including phenoxy) is 1. The second-order valence-electron chi connectivity index (χ2n) is 8.34. The first-order chi connectivity index (χ1) is 13.0. The molecule has 0 bridgehead atoms. The molecule has 2 heterocycles. The molecule has 0 radical (unpaired) electrons. The van der Waals surface area contributed by atoms with Gasteiger partial charge in [-0.25, -0.2) is 9.18 Å². The van der Waals surface area contributed by atoms with Gasteiger partial charge in [-0.1, -0.05) is 20.8 Å². The number of carbonyl (C=O) groups is 3. The van der Waals surface area contributed by atoms with Crippen LogP contribution in [0.25, 0.3) is 0 Å². The molecule has 0 aromatic heterocycles. The number of piperidine rings is 1. The molecule has 0 aliphatic carbocycles. The Kier molecular flexibility index (Phi) is 5.18. The minimum absolute atomic E-state index is 0.00606. The summed E-state index contributed by atoms with van der Waals surface area (Å²) in [6, 6.07) is 3.87. The number of likely N-dealkylation sites (tertiary alicyclic amines) is 1. The number of hydrogen-bond acceptors (Lipinski definition) is 4. The molecule has 152 valence electrons. The van der Waals surface area contributed by atoms with E-state index in [1.165, 1.54) is 17.0 Å². The van der Waals surface area contributed by atoms with Gasteiger partial charge in [0.25, 0.3) is 5.91 Å². The third kappa shape index (κ3) is 3.61. The van der Waals surface area contributed by atoms with Gasteiger partial charge in [-0.2, -0.15) is 0 Å². The zero-order valence-electron chi connectivity index (χ0n) is 16.3. The average molecular weight is 392 g/mol. The summed E-state index contributed by atoms with van der Waals surface area (Å²) < 4.78 is 19.1. The quantitative estimate of drug-likeness (QED) is 0.833. The average Bonchev–Trinajstić information content (AvgIpc) is 3.00. The summed E-state index contributed by atoms with van der Waals surface area (Å²) >= 11 is 0. The van der Waals surface area contributed by atoms with Crippen LogP contribution in [0.3, 0.4) is 0 Å². The number of amides is 2. The van der Waals surface area contributed by atoms with Crippen LogP contribution in [0.2, 0.25) is 0 Å². The normalized spacial score (nSPS) is 21.8. The van der Waals surface area contributed by atoms with Crippen molar-refractivity contribution in [3.05, 3.63) is 35.6 Å². The van der Waals surface area contributed by atoms with Crippen molar-refractivity contribution in [1.29, 1.82) is 0 Å². The zero-order valence-corrected chi connectivity index (χ0v) is 16.3. The van der Waals surface area contributed by atoms with Crippen molar-refractivity contribution in [2.45, 2.75) is 45.4 Å². The molecule has 3 rings (SSSR count). The summed E-state index contributed by atoms with van der Waals surface area (Å²) in [6.45, 7) is 6.16. The molecular formula is C20H25FN2O5. The first-order valence-electron chi connectivity index (χ1n) is 9.30. The number of nitrogens with zero attached hydrogens (tertiary/aromatic N) is 2. The minimum Gasteiger partial charge on any atom is -0.480 e. The van der Waals surface area contributed by atoms with Gasteiger partial charge in [-0.05, 0) is 24.3 Å². The molecule has 28 heavy (non-hydrogen) atoms. The van der Waals surface area contributed by atoms with E-state index in [2.05, 4.69) is 0 Å². The van der Waals surface area contributed by atoms with Gasteiger partial charge in [0.1, 0.15) is 11.5 Å². The van der Waals surface area contributed by atoms with Crippen LogP contribution >= 0.6 is 0 Å². The van der Waals surface area contributed by atoms with Gasteiger partial charge in [-0.3, -0.25) is 14.5 Å². The molecule has 2 aliphatic heterocycles. The molecule has 8 heteroatoms. The van der Waals surface area contributed by atoms with E-state index >= 15 is 0 Å². The number of carbonyl (C=O) groups excluding carboxylic acids is 2. The lowest BCUT2D eigenvalue weighted by Gasteiger charge is -2.45. The molecule has 2 aliphatic rings. The molecule has 1 aromatic carbocycles. The fraction of sp³-hybridized carbons (Fsp3) is 0.550. The highest BCUT2D eigenvalue weighted by Gasteiger charge is 2.54. The van der Waals surface area contributed by atoms with Gasteiger partial charge in [0, 0.05) is 36.9 Å². The van der Waals surface area contributed by atoms with E-state index in [4.69, 9.17) is 4.74 Å². The lowest BCUT2D eigenvalue weighted by atomic mass is 9.91. The van der Waals surface area contributed by atoms with Gasteiger partial charge in [0.05, 0.1) is 6.61 Å². The molecule has 1 N–H and O–H groups in total. The van der Waals surface area contributed by atoms with Crippen LogP contribution in [0.5, 0.6) is 0 Å². The second-order valence-corrected chi connectivity index (χ2v) is 8.34. The monoisotopic (exact) mass is 392 g/mol. The van der Waals surface area contributed by atoms with Gasteiger partial charge >= 0.3 is 5.97 Å². The largest absolute Gasteiger partial charge is 0.480 e. The van der Waals surface area contributed by atoms with E-state index in [1.807, 2.05) is 20.8 Å². The minimum atomic E-state index is -1.15. The van der Waals surface area contributed by atoms with Gasteiger partial charge in [-0.15, -0.1) is 0 Å². The molecule has 1 aromatic rings. The van der Waals surface area contributed by atoms with Crippen molar-refractivity contribution in [1.82, 2.24) is 9.80 Å². The Bertz CT molecular complexity index is 779. The smallest absolute Gasteiger partial charge is 0.328 e. The first kappa shape index (κ1) is 20.3. The van der Waals surface area contributed by atoms with Crippen LogP contribution < -0.4 is 0 Å². The molecule has 2 amide bonds. The van der Waals surface area contributed by atoms with E-state index in [1.54, 1.807) is 4.90 Å². The number of halogens is 1. The number of benzene rings is 1. The van der Waals surface area contributed by atoms with Crippen LogP contribution in [-0.2, 0) is 14.3 Å². The number of aliphatic carboxylic acids is 1. The highest BCUT2D eigenvalue weighted by Crippen LogP contribution is 2.39. The first-order valence-corrected chi connectivity index (χ1v) is 9.30.